The van der Waals surface area contributed by atoms with Crippen molar-refractivity contribution in [1.29, 1.82) is 0 Å². The second-order valence-corrected chi connectivity index (χ2v) is 5.59. The van der Waals surface area contributed by atoms with E-state index in [4.69, 9.17) is 9.52 Å². The lowest BCUT2D eigenvalue weighted by atomic mass is 9.79. The lowest BCUT2D eigenvalue weighted by Crippen LogP contribution is -2.43. The molecule has 3 N–H and O–H groups in total. The summed E-state index contributed by atoms with van der Waals surface area (Å²) >= 11 is 0. The van der Waals surface area contributed by atoms with Crippen LogP contribution in [0.2, 0.25) is 0 Å². The highest BCUT2D eigenvalue weighted by molar-refractivity contribution is 5.88. The Bertz CT molecular complexity index is 442. The minimum Gasteiger partial charge on any atom is -0.478 e. The number of rotatable bonds is 5. The third-order valence-electron chi connectivity index (χ3n) is 3.78. The van der Waals surface area contributed by atoms with E-state index in [2.05, 4.69) is 12.2 Å². The van der Waals surface area contributed by atoms with E-state index in [-0.39, 0.29) is 5.56 Å². The van der Waals surface area contributed by atoms with Crippen LogP contribution in [-0.2, 0) is 6.54 Å². The van der Waals surface area contributed by atoms with E-state index in [9.17, 15) is 9.90 Å². The quantitative estimate of drug-likeness (QED) is 0.760. The molecule has 1 aromatic rings. The predicted molar refractivity (Wildman–Crippen MR) is 70.0 cm³/mol. The molecule has 1 heterocycles. The van der Waals surface area contributed by atoms with E-state index >= 15 is 0 Å². The number of aliphatic hydroxyl groups is 1. The van der Waals surface area contributed by atoms with Gasteiger partial charge < -0.3 is 19.9 Å². The fourth-order valence-corrected chi connectivity index (χ4v) is 2.87. The molecule has 1 aromatic heterocycles. The highest BCUT2D eigenvalue weighted by Gasteiger charge is 2.32. The van der Waals surface area contributed by atoms with E-state index in [1.807, 2.05) is 0 Å². The number of carboxylic acids is 1. The number of furan rings is 1. The van der Waals surface area contributed by atoms with Crippen molar-refractivity contribution in [2.75, 3.05) is 6.54 Å². The van der Waals surface area contributed by atoms with Gasteiger partial charge in [-0.1, -0.05) is 19.8 Å². The molecule has 5 heteroatoms. The van der Waals surface area contributed by atoms with Gasteiger partial charge in [-0.05, 0) is 24.8 Å². The maximum Gasteiger partial charge on any atom is 0.339 e. The maximum absolute atomic E-state index is 10.9. The Morgan fingerprint density at radius 1 is 1.63 bits per heavy atom. The zero-order chi connectivity index (χ0) is 13.9. The summed E-state index contributed by atoms with van der Waals surface area (Å²) in [5.74, 6) is -0.0470. The molecule has 1 saturated carbocycles. The Morgan fingerprint density at radius 3 is 3.11 bits per heavy atom. The van der Waals surface area contributed by atoms with Crippen molar-refractivity contribution < 1.29 is 19.4 Å². The van der Waals surface area contributed by atoms with Crippen LogP contribution in [-0.4, -0.2) is 28.3 Å². The molecule has 0 radical (unpaired) electrons. The molecule has 2 rings (SSSR count). The highest BCUT2D eigenvalue weighted by Crippen LogP contribution is 2.31. The smallest absolute Gasteiger partial charge is 0.339 e. The molecule has 19 heavy (non-hydrogen) atoms. The number of nitrogens with one attached hydrogen (secondary N) is 1. The van der Waals surface area contributed by atoms with Gasteiger partial charge >= 0.3 is 5.97 Å². The molecule has 2 unspecified atom stereocenters. The van der Waals surface area contributed by atoms with Gasteiger partial charge in [0.25, 0.3) is 0 Å². The molecule has 1 fully saturated rings. The zero-order valence-corrected chi connectivity index (χ0v) is 11.2. The highest BCUT2D eigenvalue weighted by atomic mass is 16.4. The van der Waals surface area contributed by atoms with E-state index in [0.29, 0.717) is 24.8 Å². The molecule has 0 amide bonds. The summed E-state index contributed by atoms with van der Waals surface area (Å²) in [6.07, 6.45) is 5.18. The molecule has 0 aromatic carbocycles. The summed E-state index contributed by atoms with van der Waals surface area (Å²) in [4.78, 5) is 10.9. The van der Waals surface area contributed by atoms with Crippen LogP contribution < -0.4 is 5.32 Å². The summed E-state index contributed by atoms with van der Waals surface area (Å²) in [5, 5.41) is 22.5. The predicted octanol–water partition coefficient (Wildman–Crippen LogP) is 2.01. The molecular weight excluding hydrogens is 246 g/mol. The van der Waals surface area contributed by atoms with E-state index < -0.39 is 11.6 Å². The van der Waals surface area contributed by atoms with Crippen molar-refractivity contribution in [3.05, 3.63) is 23.7 Å². The van der Waals surface area contributed by atoms with Crippen LogP contribution >= 0.6 is 0 Å². The fraction of sp³-hybridized carbons (Fsp3) is 0.643. The fourth-order valence-electron chi connectivity index (χ4n) is 2.87. The molecule has 0 bridgehead atoms. The number of hydrogen-bond donors (Lipinski definition) is 3. The molecular formula is C14H21NO4. The van der Waals surface area contributed by atoms with E-state index in [1.54, 1.807) is 0 Å². The molecule has 106 valence electrons. The van der Waals surface area contributed by atoms with Gasteiger partial charge in [-0.15, -0.1) is 0 Å². The monoisotopic (exact) mass is 267 g/mol. The van der Waals surface area contributed by atoms with Crippen LogP contribution in [0, 0.1) is 5.92 Å². The number of carbonyl (C=O) groups is 1. The summed E-state index contributed by atoms with van der Waals surface area (Å²) in [7, 11) is 0. The topological polar surface area (TPSA) is 82.7 Å². The van der Waals surface area contributed by atoms with Crippen LogP contribution in [0.3, 0.4) is 0 Å². The number of hydrogen-bond acceptors (Lipinski definition) is 4. The molecule has 1 aliphatic rings. The van der Waals surface area contributed by atoms with Crippen molar-refractivity contribution in [1.82, 2.24) is 5.32 Å². The Hall–Kier alpha value is -1.33. The summed E-state index contributed by atoms with van der Waals surface area (Å²) in [6, 6.07) is 1.44. The first-order chi connectivity index (χ1) is 9.00. The van der Waals surface area contributed by atoms with Gasteiger partial charge in [-0.2, -0.15) is 0 Å². The number of carboxylic acid groups (broad SMARTS) is 1. The second kappa shape index (κ2) is 5.75. The SMILES string of the molecule is CC1CCCC(O)(CNCc2occc2C(=O)O)C1. The van der Waals surface area contributed by atoms with Crippen LogP contribution in [0.1, 0.15) is 48.7 Å². The van der Waals surface area contributed by atoms with Gasteiger partial charge in [0, 0.05) is 6.54 Å². The van der Waals surface area contributed by atoms with E-state index in [0.717, 1.165) is 19.3 Å². The van der Waals surface area contributed by atoms with Gasteiger partial charge in [0.2, 0.25) is 0 Å². The largest absolute Gasteiger partial charge is 0.478 e. The van der Waals surface area contributed by atoms with Crippen molar-refractivity contribution in [2.45, 2.75) is 44.8 Å². The molecule has 0 saturated heterocycles. The molecule has 0 aliphatic heterocycles. The summed E-state index contributed by atoms with van der Waals surface area (Å²) in [6.45, 7) is 2.95. The summed E-state index contributed by atoms with van der Waals surface area (Å²) in [5.41, 5.74) is -0.496. The first-order valence-electron chi connectivity index (χ1n) is 6.73. The van der Waals surface area contributed by atoms with Gasteiger partial charge in [0.05, 0.1) is 18.4 Å². The Balaban J connectivity index is 1.86. The number of aromatic carboxylic acids is 1. The Kier molecular flexibility index (Phi) is 4.27. The van der Waals surface area contributed by atoms with Gasteiger partial charge in [0.15, 0.2) is 0 Å². The van der Waals surface area contributed by atoms with Gasteiger partial charge in [-0.25, -0.2) is 4.79 Å². The van der Waals surface area contributed by atoms with Crippen LogP contribution in [0.5, 0.6) is 0 Å². The third kappa shape index (κ3) is 3.58. The molecule has 2 atom stereocenters. The molecule has 5 nitrogen and oxygen atoms in total. The van der Waals surface area contributed by atoms with Gasteiger partial charge in [-0.3, -0.25) is 0 Å². The zero-order valence-electron chi connectivity index (χ0n) is 11.2. The first-order valence-corrected chi connectivity index (χ1v) is 6.73. The van der Waals surface area contributed by atoms with Crippen molar-refractivity contribution in [3.63, 3.8) is 0 Å². The second-order valence-electron chi connectivity index (χ2n) is 5.59. The Labute approximate surface area is 112 Å². The molecule has 0 spiro atoms. The third-order valence-corrected chi connectivity index (χ3v) is 3.78. The van der Waals surface area contributed by atoms with Crippen molar-refractivity contribution in [3.8, 4) is 0 Å². The standard InChI is InChI=1S/C14H21NO4/c1-10-3-2-5-14(18,7-10)9-15-8-12-11(13(16)17)4-6-19-12/h4,6,10,15,18H,2-3,5,7-9H2,1H3,(H,16,17). The van der Waals surface area contributed by atoms with Crippen LogP contribution in [0.25, 0.3) is 0 Å². The Morgan fingerprint density at radius 2 is 2.42 bits per heavy atom. The maximum atomic E-state index is 10.9. The minimum absolute atomic E-state index is 0.177. The minimum atomic E-state index is -0.990. The van der Waals surface area contributed by atoms with E-state index in [1.165, 1.54) is 18.8 Å². The van der Waals surface area contributed by atoms with Crippen molar-refractivity contribution >= 4 is 5.97 Å². The van der Waals surface area contributed by atoms with Crippen molar-refractivity contribution in [2.24, 2.45) is 5.92 Å². The average molecular weight is 267 g/mol. The lowest BCUT2D eigenvalue weighted by molar-refractivity contribution is -0.0121. The normalized spacial score (nSPS) is 27.4. The molecule has 1 aliphatic carbocycles. The lowest BCUT2D eigenvalue weighted by Gasteiger charge is -2.35. The van der Waals surface area contributed by atoms with Crippen LogP contribution in [0.15, 0.2) is 16.7 Å². The summed E-state index contributed by atoms with van der Waals surface area (Å²) < 4.78 is 5.14. The first kappa shape index (κ1) is 14.1. The van der Waals surface area contributed by atoms with Crippen LogP contribution in [0.4, 0.5) is 0 Å². The average Bonchev–Trinajstić information content (AvgIpc) is 2.76. The van der Waals surface area contributed by atoms with Gasteiger partial charge in [0.1, 0.15) is 11.3 Å².